The number of unbranched alkanes of at least 4 members (excludes halogenated alkanes) is 15. The van der Waals surface area contributed by atoms with Crippen LogP contribution in [-0.4, -0.2) is 22.8 Å². The zero-order valence-corrected chi connectivity index (χ0v) is 19.3. The SMILES string of the molecule is CCCCCCCCCCCCCCCCCC(=O)O.CCCCO.[Ti]. The molecule has 0 saturated heterocycles. The van der Waals surface area contributed by atoms with Crippen molar-refractivity contribution in [1.29, 1.82) is 0 Å². The Labute approximate surface area is 178 Å². The molecule has 0 heterocycles. The molecule has 0 unspecified atom stereocenters. The van der Waals surface area contributed by atoms with E-state index in [1.54, 1.807) is 0 Å². The fourth-order valence-electron chi connectivity index (χ4n) is 2.81. The van der Waals surface area contributed by atoms with Gasteiger partial charge in [-0.2, -0.15) is 0 Å². The standard InChI is InChI=1S/C18H36O2.C4H10O.Ti/c1-2-3-4-5-6-7-8-9-10-11-12-13-14-15-16-17-18(19)20;1-2-3-4-5;/h2-17H2,1H3,(H,19,20);5H,2-4H2,1H3;. The number of carbonyl (C=O) groups is 1. The van der Waals surface area contributed by atoms with Crippen LogP contribution in [0.25, 0.3) is 0 Å². The molecular formula is C22H46O3Ti. The zero-order chi connectivity index (χ0) is 19.0. The van der Waals surface area contributed by atoms with Crippen molar-refractivity contribution in [2.45, 2.75) is 129 Å². The molecule has 26 heavy (non-hydrogen) atoms. The molecule has 4 heteroatoms. The van der Waals surface area contributed by atoms with Crippen molar-refractivity contribution >= 4 is 5.97 Å². The summed E-state index contributed by atoms with van der Waals surface area (Å²) in [6.07, 6.45) is 22.2. The van der Waals surface area contributed by atoms with Crippen LogP contribution < -0.4 is 0 Å². The Hall–Kier alpha value is 0.144. The monoisotopic (exact) mass is 406 g/mol. The van der Waals surface area contributed by atoms with Gasteiger partial charge >= 0.3 is 5.97 Å². The number of carboxylic acid groups (broad SMARTS) is 1. The Morgan fingerprint density at radius 3 is 1.12 bits per heavy atom. The molecule has 0 amide bonds. The van der Waals surface area contributed by atoms with Crippen molar-refractivity contribution in [1.82, 2.24) is 0 Å². The second-order valence-electron chi connectivity index (χ2n) is 7.17. The molecule has 0 radical (unpaired) electrons. The molecule has 0 bridgehead atoms. The van der Waals surface area contributed by atoms with Crippen LogP contribution in [0.15, 0.2) is 0 Å². The van der Waals surface area contributed by atoms with E-state index in [-0.39, 0.29) is 21.7 Å². The van der Waals surface area contributed by atoms with Crippen LogP contribution in [0.5, 0.6) is 0 Å². The maximum atomic E-state index is 10.3. The number of aliphatic hydroxyl groups excluding tert-OH is 1. The van der Waals surface area contributed by atoms with Crippen molar-refractivity contribution in [3.8, 4) is 0 Å². The van der Waals surface area contributed by atoms with Gasteiger partial charge < -0.3 is 10.2 Å². The number of carboxylic acids is 1. The topological polar surface area (TPSA) is 57.5 Å². The number of aliphatic hydroxyl groups is 1. The van der Waals surface area contributed by atoms with E-state index in [0.717, 1.165) is 25.7 Å². The number of hydrogen-bond donors (Lipinski definition) is 2. The molecule has 3 nitrogen and oxygen atoms in total. The molecule has 0 fully saturated rings. The normalized spacial score (nSPS) is 9.96. The van der Waals surface area contributed by atoms with E-state index in [4.69, 9.17) is 10.2 Å². The number of rotatable bonds is 18. The minimum atomic E-state index is -0.653. The van der Waals surface area contributed by atoms with Gasteiger partial charge in [0.25, 0.3) is 0 Å². The summed E-state index contributed by atoms with van der Waals surface area (Å²) in [4.78, 5) is 10.3. The molecule has 0 aromatic heterocycles. The van der Waals surface area contributed by atoms with E-state index >= 15 is 0 Å². The summed E-state index contributed by atoms with van der Waals surface area (Å²) in [6.45, 7) is 4.67. The summed E-state index contributed by atoms with van der Waals surface area (Å²) in [5, 5.41) is 16.6. The van der Waals surface area contributed by atoms with Gasteiger partial charge in [-0.3, -0.25) is 4.79 Å². The summed E-state index contributed by atoms with van der Waals surface area (Å²) in [5.41, 5.74) is 0. The molecular weight excluding hydrogens is 360 g/mol. The number of hydrogen-bond acceptors (Lipinski definition) is 2. The van der Waals surface area contributed by atoms with E-state index in [2.05, 4.69) is 13.8 Å². The molecule has 2 N–H and O–H groups in total. The average molecular weight is 406 g/mol. The van der Waals surface area contributed by atoms with Crippen molar-refractivity contribution < 1.29 is 36.7 Å². The Morgan fingerprint density at radius 1 is 0.577 bits per heavy atom. The molecule has 0 aromatic rings. The van der Waals surface area contributed by atoms with Crippen LogP contribution in [0.2, 0.25) is 0 Å². The molecule has 0 saturated carbocycles. The van der Waals surface area contributed by atoms with Crippen LogP contribution in [0, 0.1) is 0 Å². The third-order valence-corrected chi connectivity index (χ3v) is 4.51. The first kappa shape index (κ1) is 30.9. The van der Waals surface area contributed by atoms with Gasteiger partial charge in [0.1, 0.15) is 0 Å². The molecule has 156 valence electrons. The Morgan fingerprint density at radius 2 is 0.885 bits per heavy atom. The maximum Gasteiger partial charge on any atom is 0.303 e. The summed E-state index contributed by atoms with van der Waals surface area (Å²) in [5.74, 6) is -0.653. The molecule has 0 spiro atoms. The van der Waals surface area contributed by atoms with Gasteiger partial charge in [-0.05, 0) is 12.8 Å². The predicted molar refractivity (Wildman–Crippen MR) is 109 cm³/mol. The Balaban J connectivity index is -0.000000772. The summed E-state index contributed by atoms with van der Waals surface area (Å²) in [6, 6.07) is 0. The van der Waals surface area contributed by atoms with Crippen molar-refractivity contribution in [3.05, 3.63) is 0 Å². The van der Waals surface area contributed by atoms with Gasteiger partial charge in [0.15, 0.2) is 0 Å². The third kappa shape index (κ3) is 35.3. The largest absolute Gasteiger partial charge is 0.481 e. The molecule has 0 atom stereocenters. The van der Waals surface area contributed by atoms with E-state index in [1.165, 1.54) is 83.5 Å². The van der Waals surface area contributed by atoms with Crippen LogP contribution >= 0.6 is 0 Å². The summed E-state index contributed by atoms with van der Waals surface area (Å²) >= 11 is 0. The molecule has 0 aliphatic heterocycles. The fourth-order valence-corrected chi connectivity index (χ4v) is 2.81. The van der Waals surface area contributed by atoms with Crippen molar-refractivity contribution in [2.75, 3.05) is 6.61 Å². The third-order valence-electron chi connectivity index (χ3n) is 4.51. The maximum absolute atomic E-state index is 10.3. The first-order valence-corrected chi connectivity index (χ1v) is 11.0. The van der Waals surface area contributed by atoms with Gasteiger partial charge in [0.05, 0.1) is 0 Å². The van der Waals surface area contributed by atoms with Crippen LogP contribution in [-0.2, 0) is 26.5 Å². The van der Waals surface area contributed by atoms with Crippen LogP contribution in [0.1, 0.15) is 129 Å². The Bertz CT molecular complexity index is 246. The molecule has 0 rings (SSSR count). The van der Waals surface area contributed by atoms with E-state index < -0.39 is 5.97 Å². The average Bonchev–Trinajstić information content (AvgIpc) is 2.59. The second-order valence-corrected chi connectivity index (χ2v) is 7.17. The summed E-state index contributed by atoms with van der Waals surface area (Å²) in [7, 11) is 0. The van der Waals surface area contributed by atoms with Gasteiger partial charge in [-0.1, -0.05) is 110 Å². The molecule has 0 aliphatic rings. The predicted octanol–water partition coefficient (Wildman–Crippen LogP) is 7.11. The summed E-state index contributed by atoms with van der Waals surface area (Å²) < 4.78 is 0. The minimum absolute atomic E-state index is 0. The van der Waals surface area contributed by atoms with E-state index in [9.17, 15) is 4.79 Å². The van der Waals surface area contributed by atoms with Crippen molar-refractivity contribution in [3.63, 3.8) is 0 Å². The Kier molecular flexibility index (Phi) is 35.5. The van der Waals surface area contributed by atoms with E-state index in [1.807, 2.05) is 0 Å². The first-order chi connectivity index (χ1) is 12.2. The van der Waals surface area contributed by atoms with Crippen LogP contribution in [0.3, 0.4) is 0 Å². The van der Waals surface area contributed by atoms with Crippen molar-refractivity contribution in [2.24, 2.45) is 0 Å². The number of aliphatic carboxylic acids is 1. The van der Waals surface area contributed by atoms with Crippen LogP contribution in [0.4, 0.5) is 0 Å². The fraction of sp³-hybridized carbons (Fsp3) is 0.955. The van der Waals surface area contributed by atoms with Gasteiger partial charge in [0.2, 0.25) is 0 Å². The zero-order valence-electron chi connectivity index (χ0n) is 17.7. The second kappa shape index (κ2) is 29.9. The molecule has 0 aromatic carbocycles. The quantitative estimate of drug-likeness (QED) is 0.188. The van der Waals surface area contributed by atoms with E-state index in [0.29, 0.717) is 13.0 Å². The van der Waals surface area contributed by atoms with Gasteiger partial charge in [0, 0.05) is 34.7 Å². The van der Waals surface area contributed by atoms with Gasteiger partial charge in [-0.15, -0.1) is 0 Å². The first-order valence-electron chi connectivity index (χ1n) is 11.0. The minimum Gasteiger partial charge on any atom is -0.481 e. The smallest absolute Gasteiger partial charge is 0.303 e. The molecule has 0 aliphatic carbocycles. The van der Waals surface area contributed by atoms with Gasteiger partial charge in [-0.25, -0.2) is 0 Å².